The van der Waals surface area contributed by atoms with Crippen LogP contribution < -0.4 is 5.32 Å². The molecule has 2 fully saturated rings. The maximum Gasteiger partial charge on any atom is 0.317 e. The highest BCUT2D eigenvalue weighted by Gasteiger charge is 2.27. The van der Waals surface area contributed by atoms with Crippen LogP contribution in [0.1, 0.15) is 18.0 Å². The SMILES string of the molecule is CN1CCN(CC(NC(=O)N(C)C2CCOC2)c2ccccc2)CC1. The second kappa shape index (κ2) is 8.65. The van der Waals surface area contributed by atoms with Gasteiger partial charge in [0.1, 0.15) is 0 Å². The summed E-state index contributed by atoms with van der Waals surface area (Å²) in [6.45, 7) is 6.47. The highest BCUT2D eigenvalue weighted by atomic mass is 16.5. The van der Waals surface area contributed by atoms with E-state index >= 15 is 0 Å². The van der Waals surface area contributed by atoms with E-state index in [1.54, 1.807) is 4.90 Å². The zero-order valence-corrected chi connectivity index (χ0v) is 15.4. The maximum absolute atomic E-state index is 12.7. The second-order valence-electron chi connectivity index (χ2n) is 7.14. The van der Waals surface area contributed by atoms with E-state index < -0.39 is 0 Å². The van der Waals surface area contributed by atoms with E-state index in [1.165, 1.54) is 0 Å². The van der Waals surface area contributed by atoms with E-state index in [-0.39, 0.29) is 18.1 Å². The minimum atomic E-state index is -0.0153. The molecule has 2 atom stereocenters. The van der Waals surface area contributed by atoms with Gasteiger partial charge in [-0.1, -0.05) is 30.3 Å². The van der Waals surface area contributed by atoms with Gasteiger partial charge in [0.2, 0.25) is 0 Å². The Kier molecular flexibility index (Phi) is 6.29. The molecule has 2 amide bonds. The van der Waals surface area contributed by atoms with Crippen molar-refractivity contribution in [3.8, 4) is 0 Å². The molecular formula is C19H30N4O2. The van der Waals surface area contributed by atoms with Gasteiger partial charge in [-0.15, -0.1) is 0 Å². The van der Waals surface area contributed by atoms with Gasteiger partial charge in [0, 0.05) is 46.4 Å². The Labute approximate surface area is 150 Å². The number of amides is 2. The molecule has 6 heteroatoms. The van der Waals surface area contributed by atoms with E-state index in [1.807, 2.05) is 25.2 Å². The highest BCUT2D eigenvalue weighted by Crippen LogP contribution is 2.17. The number of carbonyl (C=O) groups is 1. The lowest BCUT2D eigenvalue weighted by atomic mass is 10.1. The molecule has 0 radical (unpaired) electrons. The van der Waals surface area contributed by atoms with Crippen LogP contribution in [0.3, 0.4) is 0 Å². The number of nitrogens with one attached hydrogen (secondary N) is 1. The van der Waals surface area contributed by atoms with Crippen molar-refractivity contribution in [3.05, 3.63) is 35.9 Å². The normalized spacial score (nSPS) is 23.4. The van der Waals surface area contributed by atoms with Crippen molar-refractivity contribution >= 4 is 6.03 Å². The van der Waals surface area contributed by atoms with Crippen LogP contribution in [-0.4, -0.2) is 86.8 Å². The highest BCUT2D eigenvalue weighted by molar-refractivity contribution is 5.74. The summed E-state index contributed by atoms with van der Waals surface area (Å²) in [5, 5.41) is 3.24. The standard InChI is InChI=1S/C19H30N4O2/c1-21-9-11-23(12-10-21)14-18(16-6-4-3-5-7-16)20-19(24)22(2)17-8-13-25-15-17/h3-7,17-18H,8-15H2,1-2H3,(H,20,24). The largest absolute Gasteiger partial charge is 0.379 e. The Balaban J connectivity index is 1.64. The van der Waals surface area contributed by atoms with Crippen LogP contribution in [0.4, 0.5) is 4.79 Å². The minimum Gasteiger partial charge on any atom is -0.379 e. The maximum atomic E-state index is 12.7. The molecule has 25 heavy (non-hydrogen) atoms. The fraction of sp³-hybridized carbons (Fsp3) is 0.632. The molecule has 1 aromatic rings. The first kappa shape index (κ1) is 18.2. The van der Waals surface area contributed by atoms with Gasteiger partial charge in [0.05, 0.1) is 18.7 Å². The lowest BCUT2D eigenvalue weighted by molar-refractivity contribution is 0.135. The van der Waals surface area contributed by atoms with Crippen molar-refractivity contribution in [1.29, 1.82) is 0 Å². The Morgan fingerprint density at radius 3 is 2.64 bits per heavy atom. The van der Waals surface area contributed by atoms with Crippen molar-refractivity contribution in [2.75, 3.05) is 60.0 Å². The number of benzene rings is 1. The van der Waals surface area contributed by atoms with E-state index in [4.69, 9.17) is 4.74 Å². The summed E-state index contributed by atoms with van der Waals surface area (Å²) in [6.07, 6.45) is 0.915. The zero-order chi connectivity index (χ0) is 17.6. The third-order valence-corrected chi connectivity index (χ3v) is 5.31. The van der Waals surface area contributed by atoms with E-state index in [0.717, 1.165) is 51.3 Å². The Hall–Kier alpha value is -1.63. The van der Waals surface area contributed by atoms with Crippen molar-refractivity contribution in [1.82, 2.24) is 20.0 Å². The fourth-order valence-corrected chi connectivity index (χ4v) is 3.45. The Morgan fingerprint density at radius 1 is 1.28 bits per heavy atom. The summed E-state index contributed by atoms with van der Waals surface area (Å²) in [5.74, 6) is 0. The molecule has 1 N–H and O–H groups in total. The minimum absolute atomic E-state index is 0.00174. The van der Waals surface area contributed by atoms with E-state index in [0.29, 0.717) is 6.61 Å². The van der Waals surface area contributed by atoms with Gasteiger partial charge in [-0.3, -0.25) is 4.90 Å². The van der Waals surface area contributed by atoms with Crippen LogP contribution in [0.5, 0.6) is 0 Å². The molecular weight excluding hydrogens is 316 g/mol. The van der Waals surface area contributed by atoms with Gasteiger partial charge in [-0.2, -0.15) is 0 Å². The molecule has 2 aliphatic rings. The number of hydrogen-bond donors (Lipinski definition) is 1. The van der Waals surface area contributed by atoms with Gasteiger partial charge < -0.3 is 19.9 Å². The van der Waals surface area contributed by atoms with Gasteiger partial charge in [0.15, 0.2) is 0 Å². The van der Waals surface area contributed by atoms with Gasteiger partial charge in [0.25, 0.3) is 0 Å². The molecule has 1 aromatic carbocycles. The summed E-state index contributed by atoms with van der Waals surface area (Å²) in [4.78, 5) is 19.3. The molecule has 0 saturated carbocycles. The molecule has 6 nitrogen and oxygen atoms in total. The van der Waals surface area contributed by atoms with Crippen molar-refractivity contribution in [2.45, 2.75) is 18.5 Å². The van der Waals surface area contributed by atoms with Crippen molar-refractivity contribution in [3.63, 3.8) is 0 Å². The molecule has 2 unspecified atom stereocenters. The van der Waals surface area contributed by atoms with E-state index in [9.17, 15) is 4.79 Å². The summed E-state index contributed by atoms with van der Waals surface area (Å²) in [7, 11) is 4.03. The third kappa shape index (κ3) is 4.93. The first-order chi connectivity index (χ1) is 12.1. The van der Waals surface area contributed by atoms with Crippen LogP contribution in [0.2, 0.25) is 0 Å². The average Bonchev–Trinajstić information content (AvgIpc) is 3.17. The first-order valence-electron chi connectivity index (χ1n) is 9.20. The van der Waals surface area contributed by atoms with Gasteiger partial charge >= 0.3 is 6.03 Å². The average molecular weight is 346 g/mol. The van der Waals surface area contributed by atoms with Crippen molar-refractivity contribution < 1.29 is 9.53 Å². The topological polar surface area (TPSA) is 48.0 Å². The Morgan fingerprint density at radius 2 is 2.00 bits per heavy atom. The van der Waals surface area contributed by atoms with E-state index in [2.05, 4.69) is 34.3 Å². The summed E-state index contributed by atoms with van der Waals surface area (Å²) in [5.41, 5.74) is 1.16. The lowest BCUT2D eigenvalue weighted by Crippen LogP contribution is -2.50. The molecule has 2 heterocycles. The quantitative estimate of drug-likeness (QED) is 0.876. The number of likely N-dealkylation sites (N-methyl/N-ethyl adjacent to an activating group) is 2. The van der Waals surface area contributed by atoms with Crippen LogP contribution in [0, 0.1) is 0 Å². The molecule has 2 saturated heterocycles. The monoisotopic (exact) mass is 346 g/mol. The number of urea groups is 1. The summed E-state index contributed by atoms with van der Waals surface area (Å²) >= 11 is 0. The second-order valence-corrected chi connectivity index (χ2v) is 7.14. The number of rotatable bonds is 5. The number of ether oxygens (including phenoxy) is 1. The van der Waals surface area contributed by atoms with Gasteiger partial charge in [-0.05, 0) is 19.0 Å². The predicted molar refractivity (Wildman–Crippen MR) is 98.6 cm³/mol. The fourth-order valence-electron chi connectivity index (χ4n) is 3.45. The number of hydrogen-bond acceptors (Lipinski definition) is 4. The third-order valence-electron chi connectivity index (χ3n) is 5.31. The van der Waals surface area contributed by atoms with Crippen molar-refractivity contribution in [2.24, 2.45) is 0 Å². The Bertz CT molecular complexity index is 540. The smallest absolute Gasteiger partial charge is 0.317 e. The molecule has 0 aromatic heterocycles. The number of carbonyl (C=O) groups excluding carboxylic acids is 1. The van der Waals surface area contributed by atoms with Gasteiger partial charge in [-0.25, -0.2) is 4.79 Å². The number of piperazine rings is 1. The molecule has 0 bridgehead atoms. The predicted octanol–water partition coefficient (Wildman–Crippen LogP) is 1.41. The van der Waals surface area contributed by atoms with Crippen LogP contribution >= 0.6 is 0 Å². The first-order valence-corrected chi connectivity index (χ1v) is 9.20. The molecule has 0 spiro atoms. The lowest BCUT2D eigenvalue weighted by Gasteiger charge is -2.35. The summed E-state index contributed by atoms with van der Waals surface area (Å²) < 4.78 is 5.42. The number of nitrogens with zero attached hydrogens (tertiary/aromatic N) is 3. The zero-order valence-electron chi connectivity index (χ0n) is 15.4. The molecule has 0 aliphatic carbocycles. The van der Waals surface area contributed by atoms with Crippen LogP contribution in [0.15, 0.2) is 30.3 Å². The summed E-state index contributed by atoms with van der Waals surface area (Å²) in [6, 6.07) is 10.4. The van der Waals surface area contributed by atoms with Crippen LogP contribution in [0.25, 0.3) is 0 Å². The molecule has 138 valence electrons. The van der Waals surface area contributed by atoms with Crippen LogP contribution in [-0.2, 0) is 4.74 Å². The molecule has 3 rings (SSSR count). The molecule has 2 aliphatic heterocycles.